The minimum absolute atomic E-state index is 0.0324. The lowest BCUT2D eigenvalue weighted by Gasteiger charge is -2.46. The summed E-state index contributed by atoms with van der Waals surface area (Å²) in [4.78, 5) is 26.7. The maximum absolute atomic E-state index is 14.0. The number of carbonyl (C=O) groups is 2. The van der Waals surface area contributed by atoms with Crippen LogP contribution in [0.1, 0.15) is 113 Å². The van der Waals surface area contributed by atoms with E-state index in [9.17, 15) is 9.59 Å². The predicted molar refractivity (Wildman–Crippen MR) is 180 cm³/mol. The molecule has 1 heterocycles. The van der Waals surface area contributed by atoms with E-state index < -0.39 is 72.8 Å². The van der Waals surface area contributed by atoms with Crippen LogP contribution >= 0.6 is 0 Å². The number of esters is 2. The van der Waals surface area contributed by atoms with Crippen LogP contribution in [0.4, 0.5) is 0 Å². The maximum Gasteiger partial charge on any atom is 0.308 e. The molecule has 2 unspecified atom stereocenters. The highest BCUT2D eigenvalue weighted by Gasteiger charge is 2.46. The third kappa shape index (κ3) is 8.95. The molecule has 0 saturated carbocycles. The van der Waals surface area contributed by atoms with Crippen LogP contribution in [0.15, 0.2) is 23.8 Å². The second-order valence-corrected chi connectivity index (χ2v) is 25.3. The molecule has 3 rings (SSSR count). The van der Waals surface area contributed by atoms with Gasteiger partial charge in [0.15, 0.2) is 16.6 Å². The van der Waals surface area contributed by atoms with Gasteiger partial charge in [-0.3, -0.25) is 9.59 Å². The highest BCUT2D eigenvalue weighted by atomic mass is 28.4. The normalized spacial score (nSPS) is 35.9. The number of allylic oxidation sites excluding steroid dienone is 2. The minimum atomic E-state index is -3.76. The third-order valence-corrected chi connectivity index (χ3v) is 19.5. The molecule has 0 aromatic carbocycles. The molecule has 8 heteroatoms. The van der Waals surface area contributed by atoms with Gasteiger partial charge in [-0.25, -0.2) is 0 Å². The fraction of sp³-hybridized carbons (Fsp3) is 0.829. The number of hydrogen-bond acceptors (Lipinski definition) is 6. The first kappa shape index (κ1) is 24.9. The Morgan fingerprint density at radius 1 is 1.09 bits per heavy atom. The van der Waals surface area contributed by atoms with E-state index in [1.54, 1.807) is 0 Å². The van der Waals surface area contributed by atoms with Gasteiger partial charge < -0.3 is 18.3 Å². The average molecular weight is 644 g/mol. The Bertz CT molecular complexity index is 1380. The molecule has 0 spiro atoms. The predicted octanol–water partition coefficient (Wildman–Crippen LogP) is 8.98. The third-order valence-electron chi connectivity index (χ3n) is 10.5. The van der Waals surface area contributed by atoms with Crippen LogP contribution in [-0.2, 0) is 27.9 Å². The number of ether oxygens (including phenoxy) is 2. The smallest absolute Gasteiger partial charge is 0.308 e. The van der Waals surface area contributed by atoms with Gasteiger partial charge >= 0.3 is 11.9 Å². The first-order valence-corrected chi connectivity index (χ1v) is 21.6. The molecule has 0 bridgehead atoms. The van der Waals surface area contributed by atoms with Crippen molar-refractivity contribution < 1.29 is 40.3 Å². The molecule has 0 N–H and O–H groups in total. The molecule has 6 nitrogen and oxygen atoms in total. The van der Waals surface area contributed by atoms with Crippen LogP contribution in [-0.4, -0.2) is 53.0 Å². The van der Waals surface area contributed by atoms with E-state index in [0.29, 0.717) is 19.3 Å². The van der Waals surface area contributed by atoms with Gasteiger partial charge in [-0.1, -0.05) is 80.4 Å². The van der Waals surface area contributed by atoms with Crippen molar-refractivity contribution in [1.82, 2.24) is 0 Å². The Labute approximate surface area is 277 Å². The summed E-state index contributed by atoms with van der Waals surface area (Å²) >= 11 is 0. The van der Waals surface area contributed by atoms with Crippen LogP contribution in [0, 0.1) is 23.6 Å². The Hall–Kier alpha value is -1.23. The maximum atomic E-state index is 14.0. The number of carbonyl (C=O) groups excluding carboxylic acids is 2. The van der Waals surface area contributed by atoms with Crippen molar-refractivity contribution in [3.8, 4) is 0 Å². The summed E-state index contributed by atoms with van der Waals surface area (Å²) in [5.74, 6) is -6.54. The molecule has 1 fully saturated rings. The Balaban J connectivity index is 2.00. The zero-order valence-corrected chi connectivity index (χ0v) is 30.3. The lowest BCUT2D eigenvalue weighted by atomic mass is 9.66. The van der Waals surface area contributed by atoms with E-state index in [-0.39, 0.29) is 46.8 Å². The van der Waals surface area contributed by atoms with Gasteiger partial charge in [-0.05, 0) is 72.9 Å². The van der Waals surface area contributed by atoms with Crippen molar-refractivity contribution in [3.05, 3.63) is 23.8 Å². The topological polar surface area (TPSA) is 71.1 Å². The number of rotatable bonds is 10. The van der Waals surface area contributed by atoms with Gasteiger partial charge in [0, 0.05) is 31.1 Å². The second kappa shape index (κ2) is 13.6. The molecule has 0 amide bonds. The molecule has 0 aromatic rings. The highest BCUT2D eigenvalue weighted by Crippen LogP contribution is 2.47. The molecule has 1 saturated heterocycles. The van der Waals surface area contributed by atoms with E-state index in [0.717, 1.165) is 5.57 Å². The van der Waals surface area contributed by atoms with Gasteiger partial charge in [0.1, 0.15) is 12.2 Å². The summed E-state index contributed by atoms with van der Waals surface area (Å²) in [6.07, 6.45) is 1.88. The van der Waals surface area contributed by atoms with Gasteiger partial charge in [-0.15, -0.1) is 0 Å². The number of cyclic esters (lactones) is 1. The molecule has 8 atom stereocenters. The molecule has 0 aromatic heterocycles. The second-order valence-electron chi connectivity index (χ2n) is 15.8. The van der Waals surface area contributed by atoms with Crippen LogP contribution in [0.25, 0.3) is 0 Å². The van der Waals surface area contributed by atoms with Crippen LogP contribution in [0.3, 0.4) is 0 Å². The van der Waals surface area contributed by atoms with Gasteiger partial charge in [0.2, 0.25) is 0 Å². The molecule has 2 aliphatic carbocycles. The van der Waals surface area contributed by atoms with Crippen molar-refractivity contribution in [2.24, 2.45) is 23.6 Å². The highest BCUT2D eigenvalue weighted by molar-refractivity contribution is 6.74. The Morgan fingerprint density at radius 2 is 1.74 bits per heavy atom. The zero-order chi connectivity index (χ0) is 40.3. The van der Waals surface area contributed by atoms with Gasteiger partial charge in [-0.2, -0.15) is 0 Å². The summed E-state index contributed by atoms with van der Waals surface area (Å²) in [6, 6.07) is 0. The SMILES string of the molecule is [2H]C([2H])([2H])C([2H])([2H])C([2H])(C(=O)O[C@H]1C[C@H](O[Si](C)(C)C(C)(C)C)C=C2C=C[C@H](C)[C@H](CC[C@H]3C[C@@H](O[Si](C)(C)C(C)(C)C)CC(=O)O3)C21)C([2H])([2H])[2H]. The monoisotopic (exact) mass is 643 g/mol. The van der Waals surface area contributed by atoms with Crippen LogP contribution in [0.5, 0.6) is 0 Å². The zero-order valence-electron chi connectivity index (χ0n) is 37.3. The van der Waals surface area contributed by atoms with Crippen molar-refractivity contribution >= 4 is 28.6 Å². The summed E-state index contributed by atoms with van der Waals surface area (Å²) in [6.45, 7) is 15.9. The van der Waals surface area contributed by atoms with Crippen molar-refractivity contribution in [2.45, 2.75) is 161 Å². The molecule has 0 radical (unpaired) electrons. The average Bonchev–Trinajstić information content (AvgIpc) is 2.93. The van der Waals surface area contributed by atoms with Crippen LogP contribution in [0.2, 0.25) is 36.3 Å². The number of fused-ring (bicyclic) bond motifs is 1. The summed E-state index contributed by atoms with van der Waals surface area (Å²) in [7, 11) is -4.53. The first-order valence-electron chi connectivity index (χ1n) is 20.3. The summed E-state index contributed by atoms with van der Waals surface area (Å²) in [5.41, 5.74) is 0.805. The summed E-state index contributed by atoms with van der Waals surface area (Å²) < 4.78 is 97.6. The van der Waals surface area contributed by atoms with E-state index in [2.05, 4.69) is 73.8 Å². The lowest BCUT2D eigenvalue weighted by Crippen LogP contribution is -2.48. The van der Waals surface area contributed by atoms with Gasteiger partial charge in [0.05, 0.1) is 24.5 Å². The standard InChI is InChI=1S/C35H62O6Si2/c1-14-23(2)33(37)39-30-21-27(40-42(10,11)34(4,5)6)19-25-16-15-24(3)29(32(25)30)18-17-26-20-28(22-31(36)38-26)41-43(12,13)35(7,8)9/h15-16,19,23-24,26-30,32H,14,17-18,20-22H2,1-13H3/t23?,24-,26-,27+,28+,29-,30-,32?/m0/s1/i1D3,2D3,14D2,23D. The quantitative estimate of drug-likeness (QED) is 0.175. The number of hydrogen-bond donors (Lipinski definition) is 0. The molecule has 246 valence electrons. The Morgan fingerprint density at radius 3 is 2.35 bits per heavy atom. The minimum Gasteiger partial charge on any atom is -0.462 e. The molecular weight excluding hydrogens is 573 g/mol. The van der Waals surface area contributed by atoms with Crippen molar-refractivity contribution in [2.75, 3.05) is 0 Å². The lowest BCUT2D eigenvalue weighted by molar-refractivity contribution is -0.162. The molecule has 1 aliphatic heterocycles. The first-order chi connectivity index (χ1) is 23.2. The largest absolute Gasteiger partial charge is 0.462 e. The van der Waals surface area contributed by atoms with E-state index in [1.165, 1.54) is 0 Å². The van der Waals surface area contributed by atoms with Crippen molar-refractivity contribution in [3.63, 3.8) is 0 Å². The fourth-order valence-electron chi connectivity index (χ4n) is 5.94. The van der Waals surface area contributed by atoms with E-state index in [1.807, 2.05) is 19.1 Å². The molecular formula is C35H62O6Si2. The van der Waals surface area contributed by atoms with E-state index in [4.69, 9.17) is 30.7 Å². The molecule has 3 aliphatic rings. The van der Waals surface area contributed by atoms with E-state index >= 15 is 0 Å². The van der Waals surface area contributed by atoms with Gasteiger partial charge in [0.25, 0.3) is 0 Å². The Kier molecular flexibility index (Phi) is 7.91. The summed E-state index contributed by atoms with van der Waals surface area (Å²) in [5, 5.41) is -0.194. The fourth-order valence-corrected chi connectivity index (χ4v) is 8.58. The van der Waals surface area contributed by atoms with Crippen LogP contribution < -0.4 is 0 Å². The van der Waals surface area contributed by atoms with Crippen molar-refractivity contribution in [1.29, 1.82) is 0 Å². The molecule has 43 heavy (non-hydrogen) atoms.